The molecule has 112 valence electrons. The lowest BCUT2D eigenvalue weighted by Gasteiger charge is -2.31. The predicted molar refractivity (Wildman–Crippen MR) is 81.4 cm³/mol. The molecule has 0 bridgehead atoms. The summed E-state index contributed by atoms with van der Waals surface area (Å²) in [6.45, 7) is 1.22. The minimum absolute atomic E-state index is 0.0603. The Morgan fingerprint density at radius 3 is 2.71 bits per heavy atom. The fourth-order valence-electron chi connectivity index (χ4n) is 2.56. The minimum Gasteiger partial charge on any atom is -0.481 e. The van der Waals surface area contributed by atoms with Gasteiger partial charge in [0.15, 0.2) is 0 Å². The summed E-state index contributed by atoms with van der Waals surface area (Å²) >= 11 is 0. The number of anilines is 1. The van der Waals surface area contributed by atoms with E-state index in [4.69, 9.17) is 10.8 Å². The van der Waals surface area contributed by atoms with Crippen LogP contribution in [0.2, 0.25) is 0 Å². The summed E-state index contributed by atoms with van der Waals surface area (Å²) in [7, 11) is 0. The van der Waals surface area contributed by atoms with Gasteiger partial charge in [0.1, 0.15) is 0 Å². The van der Waals surface area contributed by atoms with Crippen LogP contribution < -0.4 is 5.73 Å². The maximum atomic E-state index is 12.1. The number of hydrogen-bond donors (Lipinski definition) is 2. The van der Waals surface area contributed by atoms with Crippen molar-refractivity contribution in [2.75, 3.05) is 18.8 Å². The van der Waals surface area contributed by atoms with E-state index in [0.29, 0.717) is 18.8 Å². The number of nitrogens with zero attached hydrogens (tertiary/aromatic N) is 1. The molecule has 2 rings (SSSR count). The van der Waals surface area contributed by atoms with Gasteiger partial charge in [0, 0.05) is 31.3 Å². The van der Waals surface area contributed by atoms with Crippen LogP contribution in [0.15, 0.2) is 30.3 Å². The van der Waals surface area contributed by atoms with E-state index in [2.05, 4.69) is 0 Å². The van der Waals surface area contributed by atoms with Crippen molar-refractivity contribution in [2.24, 2.45) is 5.92 Å². The first-order valence-corrected chi connectivity index (χ1v) is 7.09. The van der Waals surface area contributed by atoms with Gasteiger partial charge in [0.05, 0.1) is 0 Å². The van der Waals surface area contributed by atoms with Crippen molar-refractivity contribution in [2.45, 2.75) is 19.3 Å². The number of aliphatic carboxylic acids is 1. The van der Waals surface area contributed by atoms with Crippen LogP contribution in [0, 0.1) is 5.92 Å². The molecule has 5 heteroatoms. The molecule has 1 unspecified atom stereocenters. The Kier molecular flexibility index (Phi) is 4.98. The van der Waals surface area contributed by atoms with Gasteiger partial charge >= 0.3 is 5.97 Å². The highest BCUT2D eigenvalue weighted by Gasteiger charge is 2.23. The molecule has 1 aliphatic heterocycles. The summed E-state index contributed by atoms with van der Waals surface area (Å²) in [5.74, 6) is -0.807. The number of benzene rings is 1. The van der Waals surface area contributed by atoms with Crippen LogP contribution in [0.3, 0.4) is 0 Å². The number of piperidine rings is 1. The van der Waals surface area contributed by atoms with Crippen molar-refractivity contribution < 1.29 is 14.7 Å². The molecule has 1 amide bonds. The van der Waals surface area contributed by atoms with Gasteiger partial charge in [-0.2, -0.15) is 0 Å². The standard InChI is InChI=1S/C16H20N2O3/c17-14-6-3-12(4-7-14)5-8-15(19)18-9-1-2-13(11-18)10-16(20)21/h3-8,13H,1-2,9-11,17H2,(H,20,21)/b8-5+. The van der Waals surface area contributed by atoms with Gasteiger partial charge in [-0.3, -0.25) is 9.59 Å². The molecule has 1 aromatic rings. The number of carbonyl (C=O) groups excluding carboxylic acids is 1. The van der Waals surface area contributed by atoms with Crippen molar-refractivity contribution >= 4 is 23.6 Å². The molecular weight excluding hydrogens is 268 g/mol. The van der Waals surface area contributed by atoms with E-state index in [-0.39, 0.29) is 18.2 Å². The van der Waals surface area contributed by atoms with E-state index in [0.717, 1.165) is 18.4 Å². The van der Waals surface area contributed by atoms with Crippen molar-refractivity contribution in [3.05, 3.63) is 35.9 Å². The Balaban J connectivity index is 1.93. The lowest BCUT2D eigenvalue weighted by molar-refractivity contribution is -0.139. The molecule has 0 radical (unpaired) electrons. The molecule has 1 atom stereocenters. The van der Waals surface area contributed by atoms with Gasteiger partial charge in [0.2, 0.25) is 5.91 Å². The zero-order chi connectivity index (χ0) is 15.2. The fourth-order valence-corrected chi connectivity index (χ4v) is 2.56. The molecule has 1 fully saturated rings. The Labute approximate surface area is 124 Å². The second-order valence-corrected chi connectivity index (χ2v) is 5.39. The number of hydrogen-bond acceptors (Lipinski definition) is 3. The molecular formula is C16H20N2O3. The SMILES string of the molecule is Nc1ccc(/C=C/C(=O)N2CCCC(CC(=O)O)C2)cc1. The lowest BCUT2D eigenvalue weighted by Crippen LogP contribution is -2.39. The summed E-state index contributed by atoms with van der Waals surface area (Å²) < 4.78 is 0. The molecule has 1 aromatic carbocycles. The Hall–Kier alpha value is -2.30. The molecule has 21 heavy (non-hydrogen) atoms. The van der Waals surface area contributed by atoms with E-state index >= 15 is 0 Å². The Bertz CT molecular complexity index is 537. The maximum absolute atomic E-state index is 12.1. The highest BCUT2D eigenvalue weighted by atomic mass is 16.4. The van der Waals surface area contributed by atoms with Crippen molar-refractivity contribution in [3.8, 4) is 0 Å². The smallest absolute Gasteiger partial charge is 0.303 e. The lowest BCUT2D eigenvalue weighted by atomic mass is 9.95. The van der Waals surface area contributed by atoms with Gasteiger partial charge in [-0.1, -0.05) is 12.1 Å². The first-order valence-electron chi connectivity index (χ1n) is 7.09. The van der Waals surface area contributed by atoms with E-state index < -0.39 is 5.97 Å². The number of carboxylic acid groups (broad SMARTS) is 1. The van der Waals surface area contributed by atoms with E-state index in [9.17, 15) is 9.59 Å². The van der Waals surface area contributed by atoms with Crippen molar-refractivity contribution in [3.63, 3.8) is 0 Å². The number of rotatable bonds is 4. The van der Waals surface area contributed by atoms with Crippen molar-refractivity contribution in [1.29, 1.82) is 0 Å². The average molecular weight is 288 g/mol. The monoisotopic (exact) mass is 288 g/mol. The third-order valence-corrected chi connectivity index (χ3v) is 3.65. The summed E-state index contributed by atoms with van der Waals surface area (Å²) in [6, 6.07) is 7.27. The molecule has 1 heterocycles. The predicted octanol–water partition coefficient (Wildman–Crippen LogP) is 2.00. The Morgan fingerprint density at radius 2 is 2.05 bits per heavy atom. The summed E-state index contributed by atoms with van der Waals surface area (Å²) in [5.41, 5.74) is 7.21. The third-order valence-electron chi connectivity index (χ3n) is 3.65. The number of nitrogen functional groups attached to an aromatic ring is 1. The molecule has 0 spiro atoms. The molecule has 0 saturated carbocycles. The van der Waals surface area contributed by atoms with Crippen LogP contribution in [0.25, 0.3) is 6.08 Å². The zero-order valence-corrected chi connectivity index (χ0v) is 11.9. The van der Waals surface area contributed by atoms with E-state index in [1.54, 1.807) is 23.1 Å². The Morgan fingerprint density at radius 1 is 1.33 bits per heavy atom. The molecule has 1 saturated heterocycles. The summed E-state index contributed by atoms with van der Waals surface area (Å²) in [6.07, 6.45) is 5.15. The van der Waals surface area contributed by atoms with Gasteiger partial charge in [-0.05, 0) is 42.5 Å². The molecule has 0 aliphatic carbocycles. The second kappa shape index (κ2) is 6.92. The fraction of sp³-hybridized carbons (Fsp3) is 0.375. The number of amides is 1. The molecule has 5 nitrogen and oxygen atoms in total. The zero-order valence-electron chi connectivity index (χ0n) is 11.9. The van der Waals surface area contributed by atoms with Crippen LogP contribution in [-0.2, 0) is 9.59 Å². The molecule has 0 aromatic heterocycles. The maximum Gasteiger partial charge on any atom is 0.303 e. The number of carboxylic acids is 1. The second-order valence-electron chi connectivity index (χ2n) is 5.39. The third kappa shape index (κ3) is 4.63. The highest BCUT2D eigenvalue weighted by molar-refractivity contribution is 5.91. The first kappa shape index (κ1) is 15.1. The summed E-state index contributed by atoms with van der Waals surface area (Å²) in [4.78, 5) is 24.6. The number of nitrogens with two attached hydrogens (primary N) is 1. The highest BCUT2D eigenvalue weighted by Crippen LogP contribution is 2.20. The number of carbonyl (C=O) groups is 2. The minimum atomic E-state index is -0.799. The topological polar surface area (TPSA) is 83.6 Å². The molecule has 1 aliphatic rings. The number of likely N-dealkylation sites (tertiary alicyclic amines) is 1. The van der Waals surface area contributed by atoms with Crippen LogP contribution in [0.4, 0.5) is 5.69 Å². The van der Waals surface area contributed by atoms with Crippen LogP contribution in [0.5, 0.6) is 0 Å². The normalized spacial score (nSPS) is 18.9. The van der Waals surface area contributed by atoms with E-state index in [1.807, 2.05) is 12.1 Å². The quantitative estimate of drug-likeness (QED) is 0.655. The average Bonchev–Trinajstić information content (AvgIpc) is 2.46. The van der Waals surface area contributed by atoms with Crippen molar-refractivity contribution in [1.82, 2.24) is 4.90 Å². The largest absolute Gasteiger partial charge is 0.481 e. The van der Waals surface area contributed by atoms with Gasteiger partial charge in [-0.15, -0.1) is 0 Å². The first-order chi connectivity index (χ1) is 10.0. The van der Waals surface area contributed by atoms with Crippen LogP contribution >= 0.6 is 0 Å². The van der Waals surface area contributed by atoms with Gasteiger partial charge in [0.25, 0.3) is 0 Å². The van der Waals surface area contributed by atoms with Crippen LogP contribution in [0.1, 0.15) is 24.8 Å². The van der Waals surface area contributed by atoms with Crippen LogP contribution in [-0.4, -0.2) is 35.0 Å². The van der Waals surface area contributed by atoms with E-state index in [1.165, 1.54) is 6.08 Å². The van der Waals surface area contributed by atoms with Gasteiger partial charge in [-0.25, -0.2) is 0 Å². The van der Waals surface area contributed by atoms with Gasteiger partial charge < -0.3 is 15.7 Å². The molecule has 3 N–H and O–H groups in total. The summed E-state index contributed by atoms with van der Waals surface area (Å²) in [5, 5.41) is 8.84.